The number of rotatable bonds is 4. The molecule has 158 valence electrons. The summed E-state index contributed by atoms with van der Waals surface area (Å²) >= 11 is 0. The summed E-state index contributed by atoms with van der Waals surface area (Å²) in [6, 6.07) is 12.8. The van der Waals surface area contributed by atoms with Gasteiger partial charge >= 0.3 is 5.97 Å². The molecule has 0 radical (unpaired) electrons. The molecule has 3 rings (SSSR count). The van der Waals surface area contributed by atoms with Crippen LogP contribution in [0.25, 0.3) is 11.7 Å². The van der Waals surface area contributed by atoms with Crippen molar-refractivity contribution in [1.29, 1.82) is 5.26 Å². The number of ether oxygens (including phenoxy) is 2. The van der Waals surface area contributed by atoms with Crippen molar-refractivity contribution in [3.8, 4) is 17.7 Å². The van der Waals surface area contributed by atoms with Crippen molar-refractivity contribution in [2.45, 2.75) is 33.1 Å². The Balaban J connectivity index is 2.20. The highest BCUT2D eigenvalue weighted by atomic mass is 16.5. The number of hydrogen-bond acceptors (Lipinski definition) is 6. The van der Waals surface area contributed by atoms with Gasteiger partial charge in [0.15, 0.2) is 0 Å². The summed E-state index contributed by atoms with van der Waals surface area (Å²) in [5.41, 5.74) is 1.48. The van der Waals surface area contributed by atoms with Crippen molar-refractivity contribution in [3.05, 3.63) is 75.2 Å². The summed E-state index contributed by atoms with van der Waals surface area (Å²) in [6.07, 6.45) is 2.72. The first-order valence-electron chi connectivity index (χ1n) is 9.66. The van der Waals surface area contributed by atoms with Crippen LogP contribution < -0.4 is 10.3 Å². The molecule has 0 spiro atoms. The topological polar surface area (TPSA) is 93.7 Å². The number of methoxy groups -OCH3 is 1. The zero-order valence-corrected chi connectivity index (χ0v) is 18.1. The molecule has 31 heavy (non-hydrogen) atoms. The third kappa shape index (κ3) is 4.48. The number of pyridine rings is 1. The minimum Gasteiger partial charge on any atom is -0.465 e. The van der Waals surface area contributed by atoms with Crippen molar-refractivity contribution < 1.29 is 14.3 Å². The van der Waals surface area contributed by atoms with E-state index in [9.17, 15) is 14.9 Å². The molecule has 2 aromatic heterocycles. The minimum atomic E-state index is -0.850. The van der Waals surface area contributed by atoms with Gasteiger partial charge in [-0.15, -0.1) is 0 Å². The zero-order chi connectivity index (χ0) is 22.8. The molecule has 0 saturated heterocycles. The van der Waals surface area contributed by atoms with Gasteiger partial charge in [0.05, 0.1) is 7.11 Å². The van der Waals surface area contributed by atoms with Gasteiger partial charge in [0.2, 0.25) is 5.88 Å². The van der Waals surface area contributed by atoms with E-state index in [1.807, 2.05) is 25.1 Å². The summed E-state index contributed by atoms with van der Waals surface area (Å²) in [5.74, 6) is -0.375. The van der Waals surface area contributed by atoms with Crippen LogP contribution in [0.2, 0.25) is 0 Å². The Morgan fingerprint density at radius 1 is 1.19 bits per heavy atom. The van der Waals surface area contributed by atoms with E-state index in [4.69, 9.17) is 4.74 Å². The van der Waals surface area contributed by atoms with Gasteiger partial charge in [-0.05, 0) is 47.7 Å². The summed E-state index contributed by atoms with van der Waals surface area (Å²) in [5, 5.41) is 9.34. The van der Waals surface area contributed by atoms with Crippen LogP contribution in [0.1, 0.15) is 37.5 Å². The van der Waals surface area contributed by atoms with E-state index in [-0.39, 0.29) is 22.4 Å². The van der Waals surface area contributed by atoms with Crippen molar-refractivity contribution >= 4 is 17.7 Å². The van der Waals surface area contributed by atoms with Gasteiger partial charge in [0, 0.05) is 6.20 Å². The van der Waals surface area contributed by atoms with Crippen LogP contribution in [0.3, 0.4) is 0 Å². The van der Waals surface area contributed by atoms with Crippen LogP contribution in [-0.4, -0.2) is 22.5 Å². The predicted octanol–water partition coefficient (Wildman–Crippen LogP) is 4.17. The smallest absolute Gasteiger partial charge is 0.348 e. The van der Waals surface area contributed by atoms with Crippen LogP contribution in [0, 0.1) is 18.3 Å². The fraction of sp³-hybridized carbons (Fsp3) is 0.250. The first-order chi connectivity index (χ1) is 14.7. The van der Waals surface area contributed by atoms with Crippen molar-refractivity contribution in [3.63, 3.8) is 0 Å². The van der Waals surface area contributed by atoms with E-state index in [2.05, 4.69) is 30.5 Å². The number of nitrogens with zero attached hydrogens (tertiary/aromatic N) is 3. The van der Waals surface area contributed by atoms with Crippen LogP contribution in [0.5, 0.6) is 11.6 Å². The van der Waals surface area contributed by atoms with Gasteiger partial charge in [-0.3, -0.25) is 9.20 Å². The lowest BCUT2D eigenvalue weighted by atomic mass is 9.87. The Hall–Kier alpha value is -3.92. The maximum absolute atomic E-state index is 13.2. The maximum atomic E-state index is 13.2. The van der Waals surface area contributed by atoms with Gasteiger partial charge in [0.25, 0.3) is 5.56 Å². The summed E-state index contributed by atoms with van der Waals surface area (Å²) in [6.45, 7) is 8.15. The minimum absolute atomic E-state index is 0.000498. The fourth-order valence-electron chi connectivity index (χ4n) is 3.02. The first kappa shape index (κ1) is 21.8. The van der Waals surface area contributed by atoms with E-state index in [0.29, 0.717) is 11.4 Å². The molecule has 0 unspecified atom stereocenters. The molecule has 1 aromatic carbocycles. The average molecular weight is 417 g/mol. The van der Waals surface area contributed by atoms with Crippen LogP contribution in [-0.2, 0) is 14.9 Å². The molecule has 3 aromatic rings. The number of carbonyl (C=O) groups excluding carboxylic acids is 1. The normalized spacial score (nSPS) is 11.8. The standard InChI is InChI=1S/C24H23N3O4/c1-15-7-6-12-27-20(15)26-21(19(22(27)28)13-16(14-25)23(29)30-5)31-18-10-8-17(9-11-18)24(2,3)4/h6-13H,1-5H3/b16-13-. The van der Waals surface area contributed by atoms with Crippen molar-refractivity contribution in [2.24, 2.45) is 0 Å². The molecule has 0 atom stereocenters. The molecule has 7 nitrogen and oxygen atoms in total. The quantitative estimate of drug-likeness (QED) is 0.359. The zero-order valence-electron chi connectivity index (χ0n) is 18.1. The van der Waals surface area contributed by atoms with Gasteiger partial charge in [-0.25, -0.2) is 4.79 Å². The number of hydrogen-bond donors (Lipinski definition) is 0. The highest BCUT2D eigenvalue weighted by Crippen LogP contribution is 2.28. The maximum Gasteiger partial charge on any atom is 0.348 e. The Labute approximate surface area is 180 Å². The van der Waals surface area contributed by atoms with Crippen molar-refractivity contribution in [1.82, 2.24) is 9.38 Å². The average Bonchev–Trinajstić information content (AvgIpc) is 2.73. The number of benzene rings is 1. The molecule has 0 amide bonds. The number of aromatic nitrogens is 2. The fourth-order valence-corrected chi connectivity index (χ4v) is 3.02. The number of aryl methyl sites for hydroxylation is 1. The second kappa shape index (κ2) is 8.44. The lowest BCUT2D eigenvalue weighted by Crippen LogP contribution is -2.20. The summed E-state index contributed by atoms with van der Waals surface area (Å²) in [4.78, 5) is 29.6. The Morgan fingerprint density at radius 3 is 2.45 bits per heavy atom. The van der Waals surface area contributed by atoms with Crippen LogP contribution in [0.4, 0.5) is 0 Å². The molecule has 0 N–H and O–H groups in total. The molecule has 0 saturated carbocycles. The summed E-state index contributed by atoms with van der Waals surface area (Å²) in [7, 11) is 1.16. The van der Waals surface area contributed by atoms with E-state index in [1.54, 1.807) is 30.5 Å². The monoisotopic (exact) mass is 417 g/mol. The molecule has 0 aliphatic rings. The van der Waals surface area contributed by atoms with E-state index in [1.165, 1.54) is 4.40 Å². The highest BCUT2D eigenvalue weighted by Gasteiger charge is 2.19. The number of carbonyl (C=O) groups is 1. The second-order valence-electron chi connectivity index (χ2n) is 8.06. The van der Waals surface area contributed by atoms with Crippen LogP contribution >= 0.6 is 0 Å². The predicted molar refractivity (Wildman–Crippen MR) is 117 cm³/mol. The molecular formula is C24H23N3O4. The first-order valence-corrected chi connectivity index (χ1v) is 9.66. The third-order valence-corrected chi connectivity index (χ3v) is 4.80. The second-order valence-corrected chi connectivity index (χ2v) is 8.06. The van der Waals surface area contributed by atoms with Gasteiger partial charge in [0.1, 0.15) is 28.6 Å². The Bertz CT molecular complexity index is 1270. The lowest BCUT2D eigenvalue weighted by Gasteiger charge is -2.19. The molecule has 2 heterocycles. The molecular weight excluding hydrogens is 394 g/mol. The molecule has 0 aliphatic heterocycles. The van der Waals surface area contributed by atoms with Gasteiger partial charge in [-0.1, -0.05) is 39.0 Å². The lowest BCUT2D eigenvalue weighted by molar-refractivity contribution is -0.135. The number of nitriles is 1. The Kier molecular flexibility index (Phi) is 5.93. The highest BCUT2D eigenvalue weighted by molar-refractivity contribution is 5.98. The molecule has 7 heteroatoms. The SMILES string of the molecule is COC(=O)/C(C#N)=C\c1c(Oc2ccc(C(C)(C)C)cc2)nc2c(C)cccn2c1=O. The van der Waals surface area contributed by atoms with Gasteiger partial charge < -0.3 is 9.47 Å². The number of esters is 1. The molecule has 0 aliphatic carbocycles. The molecule has 0 bridgehead atoms. The van der Waals surface area contributed by atoms with Crippen LogP contribution in [0.15, 0.2) is 53.0 Å². The van der Waals surface area contributed by atoms with E-state index in [0.717, 1.165) is 24.3 Å². The van der Waals surface area contributed by atoms with Gasteiger partial charge in [-0.2, -0.15) is 10.2 Å². The third-order valence-electron chi connectivity index (χ3n) is 4.80. The molecule has 0 fully saturated rings. The Morgan fingerprint density at radius 2 is 1.87 bits per heavy atom. The van der Waals surface area contributed by atoms with Crippen molar-refractivity contribution in [2.75, 3.05) is 7.11 Å². The number of fused-ring (bicyclic) bond motifs is 1. The largest absolute Gasteiger partial charge is 0.465 e. The summed E-state index contributed by atoms with van der Waals surface area (Å²) < 4.78 is 11.9. The van der Waals surface area contributed by atoms with E-state index >= 15 is 0 Å². The van der Waals surface area contributed by atoms with E-state index < -0.39 is 11.5 Å².